The van der Waals surface area contributed by atoms with Crippen LogP contribution >= 0.6 is 0 Å². The van der Waals surface area contributed by atoms with Gasteiger partial charge >= 0.3 is 0 Å². The molecule has 0 spiro atoms. The Kier molecular flexibility index (Phi) is 3.94. The Labute approximate surface area is 103 Å². The molecule has 17 heavy (non-hydrogen) atoms. The number of Topliss-reactive ketones (excluding diaryl/α,β-unsaturated/α-hetero) is 1. The number of rotatable bonds is 4. The number of piperidine rings is 1. The Morgan fingerprint density at radius 1 is 1.53 bits per heavy atom. The third kappa shape index (κ3) is 3.16. The lowest BCUT2D eigenvalue weighted by molar-refractivity contribution is -0.122. The zero-order chi connectivity index (χ0) is 12.3. The average Bonchev–Trinajstić information content (AvgIpc) is 2.72. The van der Waals surface area contributed by atoms with Gasteiger partial charge in [-0.15, -0.1) is 0 Å². The Balaban J connectivity index is 1.83. The van der Waals surface area contributed by atoms with Gasteiger partial charge in [-0.2, -0.15) is 0 Å². The minimum atomic E-state index is 0.257. The molecular weight excluding hydrogens is 214 g/mol. The molecule has 1 aromatic rings. The topological polar surface area (TPSA) is 38.1 Å². The fourth-order valence-electron chi connectivity index (χ4n) is 2.48. The van der Waals surface area contributed by atoms with Crippen LogP contribution in [0.2, 0.25) is 0 Å². The van der Waals surface area contributed by atoms with Gasteiger partial charge < -0.3 is 9.47 Å². The summed E-state index contributed by atoms with van der Waals surface area (Å²) in [6.07, 6.45) is 6.06. The van der Waals surface area contributed by atoms with Crippen molar-refractivity contribution < 1.29 is 4.79 Å². The van der Waals surface area contributed by atoms with Gasteiger partial charge in [0.15, 0.2) is 0 Å². The molecule has 0 amide bonds. The predicted molar refractivity (Wildman–Crippen MR) is 66.8 cm³/mol. The summed E-state index contributed by atoms with van der Waals surface area (Å²) in [6, 6.07) is 0. The van der Waals surface area contributed by atoms with Crippen LogP contribution in [-0.2, 0) is 11.3 Å². The summed E-state index contributed by atoms with van der Waals surface area (Å²) in [4.78, 5) is 18.0. The molecule has 4 nitrogen and oxygen atoms in total. The molecule has 0 saturated carbocycles. The molecule has 1 saturated heterocycles. The van der Waals surface area contributed by atoms with Crippen LogP contribution in [0.1, 0.15) is 25.6 Å². The van der Waals surface area contributed by atoms with Crippen LogP contribution in [0, 0.1) is 12.8 Å². The second-order valence-electron chi connectivity index (χ2n) is 4.92. The molecule has 2 heterocycles. The first-order chi connectivity index (χ1) is 8.16. The second kappa shape index (κ2) is 5.45. The van der Waals surface area contributed by atoms with E-state index in [0.29, 0.717) is 5.78 Å². The molecule has 0 bridgehead atoms. The summed E-state index contributed by atoms with van der Waals surface area (Å²) in [5, 5.41) is 0. The minimum Gasteiger partial charge on any atom is -0.334 e. The number of imidazole rings is 1. The fraction of sp³-hybridized carbons (Fsp3) is 0.692. The van der Waals surface area contributed by atoms with E-state index in [-0.39, 0.29) is 5.92 Å². The standard InChI is InChI=1S/C13H21N3O/c1-11(17)13-4-3-6-15(10-13)8-9-16-7-5-14-12(16)2/h5,7,13H,3-4,6,8-10H2,1-2H3. The Morgan fingerprint density at radius 3 is 3.00 bits per heavy atom. The van der Waals surface area contributed by atoms with E-state index in [2.05, 4.69) is 14.5 Å². The molecule has 4 heteroatoms. The molecule has 1 aliphatic rings. The van der Waals surface area contributed by atoms with Crippen molar-refractivity contribution in [2.45, 2.75) is 33.2 Å². The van der Waals surface area contributed by atoms with Crippen molar-refractivity contribution in [3.05, 3.63) is 18.2 Å². The number of carbonyl (C=O) groups excluding carboxylic acids is 1. The number of ketones is 1. The lowest BCUT2D eigenvalue weighted by Gasteiger charge is -2.31. The number of hydrogen-bond acceptors (Lipinski definition) is 3. The Bertz CT molecular complexity index is 386. The van der Waals surface area contributed by atoms with E-state index >= 15 is 0 Å². The fourth-order valence-corrected chi connectivity index (χ4v) is 2.48. The number of aryl methyl sites for hydroxylation is 1. The third-order valence-electron chi connectivity index (χ3n) is 3.66. The monoisotopic (exact) mass is 235 g/mol. The molecular formula is C13H21N3O. The van der Waals surface area contributed by atoms with Gasteiger partial charge in [-0.05, 0) is 33.2 Å². The van der Waals surface area contributed by atoms with Gasteiger partial charge in [0.05, 0.1) is 0 Å². The second-order valence-corrected chi connectivity index (χ2v) is 4.92. The van der Waals surface area contributed by atoms with E-state index in [4.69, 9.17) is 0 Å². The first kappa shape index (κ1) is 12.3. The zero-order valence-corrected chi connectivity index (χ0v) is 10.7. The van der Waals surface area contributed by atoms with Crippen molar-refractivity contribution in [3.63, 3.8) is 0 Å². The summed E-state index contributed by atoms with van der Waals surface area (Å²) in [7, 11) is 0. The van der Waals surface area contributed by atoms with E-state index in [1.165, 1.54) is 0 Å². The molecule has 1 aromatic heterocycles. The summed E-state index contributed by atoms with van der Waals surface area (Å²) in [5.41, 5.74) is 0. The molecule has 0 radical (unpaired) electrons. The van der Waals surface area contributed by atoms with E-state index in [1.807, 2.05) is 19.3 Å². The lowest BCUT2D eigenvalue weighted by atomic mass is 9.95. The van der Waals surface area contributed by atoms with Crippen LogP contribution < -0.4 is 0 Å². The summed E-state index contributed by atoms with van der Waals surface area (Å²) >= 11 is 0. The molecule has 1 atom stereocenters. The van der Waals surface area contributed by atoms with Crippen LogP contribution in [0.15, 0.2) is 12.4 Å². The lowest BCUT2D eigenvalue weighted by Crippen LogP contribution is -2.39. The van der Waals surface area contributed by atoms with Gasteiger partial charge in [0, 0.05) is 37.9 Å². The normalized spacial score (nSPS) is 21.6. The quantitative estimate of drug-likeness (QED) is 0.793. The van der Waals surface area contributed by atoms with Gasteiger partial charge in [-0.1, -0.05) is 0 Å². The number of carbonyl (C=O) groups is 1. The summed E-state index contributed by atoms with van der Waals surface area (Å²) in [5.74, 6) is 1.66. The molecule has 0 aliphatic carbocycles. The Morgan fingerprint density at radius 2 is 2.35 bits per heavy atom. The molecule has 0 aromatic carbocycles. The van der Waals surface area contributed by atoms with Crippen molar-refractivity contribution >= 4 is 5.78 Å². The van der Waals surface area contributed by atoms with Crippen molar-refractivity contribution in [2.75, 3.05) is 19.6 Å². The van der Waals surface area contributed by atoms with E-state index < -0.39 is 0 Å². The van der Waals surface area contributed by atoms with Gasteiger partial charge in [-0.25, -0.2) is 4.98 Å². The first-order valence-corrected chi connectivity index (χ1v) is 6.37. The maximum atomic E-state index is 11.4. The van der Waals surface area contributed by atoms with Gasteiger partial charge in [0.2, 0.25) is 0 Å². The highest BCUT2D eigenvalue weighted by Gasteiger charge is 2.22. The van der Waals surface area contributed by atoms with Crippen LogP contribution in [0.5, 0.6) is 0 Å². The van der Waals surface area contributed by atoms with Gasteiger partial charge in [0.1, 0.15) is 11.6 Å². The zero-order valence-electron chi connectivity index (χ0n) is 10.7. The van der Waals surface area contributed by atoms with E-state index in [0.717, 1.165) is 44.8 Å². The van der Waals surface area contributed by atoms with Crippen molar-refractivity contribution in [1.29, 1.82) is 0 Å². The molecule has 1 unspecified atom stereocenters. The highest BCUT2D eigenvalue weighted by molar-refractivity contribution is 5.78. The third-order valence-corrected chi connectivity index (χ3v) is 3.66. The SMILES string of the molecule is CC(=O)C1CCCN(CCn2ccnc2C)C1. The van der Waals surface area contributed by atoms with Crippen LogP contribution in [0.4, 0.5) is 0 Å². The predicted octanol–water partition coefficient (Wildman–Crippen LogP) is 1.49. The van der Waals surface area contributed by atoms with Crippen LogP contribution in [-0.4, -0.2) is 39.9 Å². The maximum Gasteiger partial charge on any atom is 0.134 e. The number of nitrogens with zero attached hydrogens (tertiary/aromatic N) is 3. The molecule has 94 valence electrons. The number of hydrogen-bond donors (Lipinski definition) is 0. The summed E-state index contributed by atoms with van der Waals surface area (Å²) in [6.45, 7) is 7.78. The highest BCUT2D eigenvalue weighted by atomic mass is 16.1. The van der Waals surface area contributed by atoms with Crippen molar-refractivity contribution in [3.8, 4) is 0 Å². The van der Waals surface area contributed by atoms with Crippen molar-refractivity contribution in [1.82, 2.24) is 14.5 Å². The van der Waals surface area contributed by atoms with Crippen molar-refractivity contribution in [2.24, 2.45) is 5.92 Å². The molecule has 1 aliphatic heterocycles. The van der Waals surface area contributed by atoms with Crippen LogP contribution in [0.25, 0.3) is 0 Å². The highest BCUT2D eigenvalue weighted by Crippen LogP contribution is 2.17. The molecule has 2 rings (SSSR count). The van der Waals surface area contributed by atoms with Gasteiger partial charge in [-0.3, -0.25) is 4.79 Å². The van der Waals surface area contributed by atoms with E-state index in [1.54, 1.807) is 6.92 Å². The minimum absolute atomic E-state index is 0.257. The average molecular weight is 235 g/mol. The Hall–Kier alpha value is -1.16. The molecule has 1 fully saturated rings. The van der Waals surface area contributed by atoms with E-state index in [9.17, 15) is 4.79 Å². The molecule has 0 N–H and O–H groups in total. The summed E-state index contributed by atoms with van der Waals surface area (Å²) < 4.78 is 2.16. The van der Waals surface area contributed by atoms with Crippen LogP contribution in [0.3, 0.4) is 0 Å². The number of likely N-dealkylation sites (tertiary alicyclic amines) is 1. The maximum absolute atomic E-state index is 11.4. The largest absolute Gasteiger partial charge is 0.334 e. The smallest absolute Gasteiger partial charge is 0.134 e. The number of aromatic nitrogens is 2. The first-order valence-electron chi connectivity index (χ1n) is 6.37. The van der Waals surface area contributed by atoms with Gasteiger partial charge in [0.25, 0.3) is 0 Å².